The van der Waals surface area contributed by atoms with Crippen LogP contribution in [0.25, 0.3) is 0 Å². The molecule has 1 fully saturated rings. The summed E-state index contributed by atoms with van der Waals surface area (Å²) in [5, 5.41) is 21.5. The van der Waals surface area contributed by atoms with E-state index in [1.165, 1.54) is 35.2 Å². The molecule has 2 aromatic carbocycles. The minimum absolute atomic E-state index is 0.0289. The Labute approximate surface area is 146 Å². The maximum absolute atomic E-state index is 11.1. The average Bonchev–Trinajstić information content (AvgIpc) is 2.87. The molecule has 1 aliphatic carbocycles. The molecule has 5 nitrogen and oxygen atoms in total. The lowest BCUT2D eigenvalue weighted by molar-refractivity contribution is -0.404. The van der Waals surface area contributed by atoms with Gasteiger partial charge in [0.05, 0.1) is 10.3 Å². The van der Waals surface area contributed by atoms with E-state index in [4.69, 9.17) is 0 Å². The largest absolute Gasteiger partial charge is 0.508 e. The third-order valence-electron chi connectivity index (χ3n) is 5.77. The molecule has 0 radical (unpaired) electrons. The number of phenolic OH excluding ortho intramolecular Hbond substituents is 1. The van der Waals surface area contributed by atoms with Crippen LogP contribution in [0.3, 0.4) is 0 Å². The van der Waals surface area contributed by atoms with Crippen LogP contribution in [-0.4, -0.2) is 27.4 Å². The number of hydrogen-bond acceptors (Lipinski definition) is 3. The molecule has 128 valence electrons. The molecule has 5 heteroatoms. The number of para-hydroxylation sites is 1. The Morgan fingerprint density at radius 1 is 1.24 bits per heavy atom. The fraction of sp³-hybridized carbons (Fsp3) is 0.350. The summed E-state index contributed by atoms with van der Waals surface area (Å²) in [7, 11) is 2.11. The highest BCUT2D eigenvalue weighted by Crippen LogP contribution is 2.49. The summed E-state index contributed by atoms with van der Waals surface area (Å²) >= 11 is 0. The summed E-state index contributed by atoms with van der Waals surface area (Å²) in [6.45, 7) is 0. The van der Waals surface area contributed by atoms with Crippen molar-refractivity contribution >= 4 is 17.1 Å². The molecule has 2 aromatic rings. The quantitative estimate of drug-likeness (QED) is 0.521. The van der Waals surface area contributed by atoms with E-state index >= 15 is 0 Å². The van der Waals surface area contributed by atoms with Gasteiger partial charge in [0, 0.05) is 35.7 Å². The van der Waals surface area contributed by atoms with E-state index in [9.17, 15) is 15.2 Å². The lowest BCUT2D eigenvalue weighted by Crippen LogP contribution is -2.40. The van der Waals surface area contributed by atoms with E-state index in [2.05, 4.69) is 29.8 Å². The van der Waals surface area contributed by atoms with Crippen molar-refractivity contribution in [2.45, 2.75) is 37.5 Å². The van der Waals surface area contributed by atoms with Crippen LogP contribution in [0, 0.1) is 10.1 Å². The first kappa shape index (κ1) is 15.8. The third-order valence-corrected chi connectivity index (χ3v) is 5.77. The van der Waals surface area contributed by atoms with E-state index < -0.39 is 4.92 Å². The Bertz CT molecular complexity index is 904. The van der Waals surface area contributed by atoms with Crippen LogP contribution in [-0.2, 0) is 11.8 Å². The summed E-state index contributed by atoms with van der Waals surface area (Å²) < 4.78 is 2.28. The van der Waals surface area contributed by atoms with Crippen molar-refractivity contribution < 1.29 is 14.6 Å². The topological polar surface area (TPSA) is 66.4 Å². The molecule has 2 aliphatic rings. The van der Waals surface area contributed by atoms with E-state index in [0.29, 0.717) is 12.0 Å². The lowest BCUT2D eigenvalue weighted by atomic mass is 9.66. The van der Waals surface area contributed by atoms with E-state index in [1.54, 1.807) is 0 Å². The number of benzene rings is 2. The Kier molecular flexibility index (Phi) is 3.60. The number of rotatable bonds is 3. The lowest BCUT2D eigenvalue weighted by Gasteiger charge is -2.32. The number of non-ortho nitro benzene ring substituents is 1. The Balaban J connectivity index is 1.86. The zero-order valence-electron chi connectivity index (χ0n) is 14.2. The zero-order chi connectivity index (χ0) is 17.6. The fourth-order valence-electron chi connectivity index (χ4n) is 4.64. The highest BCUT2D eigenvalue weighted by molar-refractivity contribution is 5.96. The van der Waals surface area contributed by atoms with Gasteiger partial charge in [-0.3, -0.25) is 10.1 Å². The van der Waals surface area contributed by atoms with Crippen LogP contribution in [0.15, 0.2) is 42.5 Å². The molecule has 1 atom stereocenters. The molecule has 0 saturated heterocycles. The standard InChI is InChI=1S/C20H20N2O3/c1-21-17-7-3-2-6-16(17)20(11-5-4-8-19(20)21)13-14-12-15(22(24)25)9-10-18(14)23/h2-3,6-7,9-10,12H,4-5,8,11,13H2,1H3/p+1. The molecule has 1 heterocycles. The van der Waals surface area contributed by atoms with Crippen molar-refractivity contribution in [2.24, 2.45) is 0 Å². The number of aromatic hydroxyl groups is 1. The van der Waals surface area contributed by atoms with Gasteiger partial charge in [0.2, 0.25) is 5.69 Å². The summed E-state index contributed by atoms with van der Waals surface area (Å²) in [5.41, 5.74) is 4.37. The molecule has 0 amide bonds. The van der Waals surface area contributed by atoms with Crippen molar-refractivity contribution in [1.29, 1.82) is 0 Å². The number of nitro groups is 1. The number of phenols is 1. The first-order chi connectivity index (χ1) is 12.0. The second kappa shape index (κ2) is 5.69. The minimum Gasteiger partial charge on any atom is -0.508 e. The van der Waals surface area contributed by atoms with Crippen LogP contribution in [0.5, 0.6) is 5.75 Å². The van der Waals surface area contributed by atoms with Gasteiger partial charge in [-0.25, -0.2) is 4.58 Å². The molecule has 1 saturated carbocycles. The zero-order valence-corrected chi connectivity index (χ0v) is 14.2. The number of nitrogens with zero attached hydrogens (tertiary/aromatic N) is 2. The molecular formula is C20H21N2O3+. The van der Waals surface area contributed by atoms with Crippen LogP contribution in [0.4, 0.5) is 11.4 Å². The highest BCUT2D eigenvalue weighted by atomic mass is 16.6. The molecule has 1 N–H and O–H groups in total. The summed E-state index contributed by atoms with van der Waals surface area (Å²) in [4.78, 5) is 10.7. The van der Waals surface area contributed by atoms with E-state index in [1.807, 2.05) is 6.07 Å². The molecule has 25 heavy (non-hydrogen) atoms. The van der Waals surface area contributed by atoms with Crippen molar-refractivity contribution in [3.63, 3.8) is 0 Å². The Hall–Kier alpha value is -2.69. The summed E-state index contributed by atoms with van der Waals surface area (Å²) in [6, 6.07) is 12.7. The van der Waals surface area contributed by atoms with Crippen molar-refractivity contribution in [3.8, 4) is 5.75 Å². The highest BCUT2D eigenvalue weighted by Gasteiger charge is 2.52. The fourth-order valence-corrected chi connectivity index (χ4v) is 4.64. The molecule has 1 unspecified atom stereocenters. The predicted molar refractivity (Wildman–Crippen MR) is 95.9 cm³/mol. The van der Waals surface area contributed by atoms with Crippen LogP contribution < -0.4 is 0 Å². The summed E-state index contributed by atoms with van der Waals surface area (Å²) in [5.74, 6) is 0.136. The second-order valence-electron chi connectivity index (χ2n) is 7.06. The molecule has 0 bridgehead atoms. The van der Waals surface area contributed by atoms with Gasteiger partial charge in [-0.05, 0) is 25.3 Å². The van der Waals surface area contributed by atoms with Gasteiger partial charge in [0.1, 0.15) is 12.8 Å². The molecular weight excluding hydrogens is 316 g/mol. The second-order valence-corrected chi connectivity index (χ2v) is 7.06. The van der Waals surface area contributed by atoms with Gasteiger partial charge in [-0.1, -0.05) is 24.6 Å². The number of fused-ring (bicyclic) bond motifs is 3. The van der Waals surface area contributed by atoms with Crippen molar-refractivity contribution in [1.82, 2.24) is 0 Å². The molecule has 0 spiro atoms. The molecule has 1 aliphatic heterocycles. The average molecular weight is 337 g/mol. The first-order valence-electron chi connectivity index (χ1n) is 8.69. The minimum atomic E-state index is -0.402. The van der Waals surface area contributed by atoms with Gasteiger partial charge in [-0.2, -0.15) is 0 Å². The van der Waals surface area contributed by atoms with Gasteiger partial charge in [0.15, 0.2) is 5.71 Å². The maximum Gasteiger partial charge on any atom is 0.269 e. The predicted octanol–water partition coefficient (Wildman–Crippen LogP) is 4.08. The maximum atomic E-state index is 11.1. The number of hydrogen-bond donors (Lipinski definition) is 1. The normalized spacial score (nSPS) is 21.8. The van der Waals surface area contributed by atoms with Crippen molar-refractivity contribution in [3.05, 3.63) is 63.7 Å². The van der Waals surface area contributed by atoms with Crippen molar-refractivity contribution in [2.75, 3.05) is 7.05 Å². The van der Waals surface area contributed by atoms with Crippen LogP contribution >= 0.6 is 0 Å². The van der Waals surface area contributed by atoms with Gasteiger partial charge in [-0.15, -0.1) is 0 Å². The van der Waals surface area contributed by atoms with Crippen LogP contribution in [0.2, 0.25) is 0 Å². The van der Waals surface area contributed by atoms with Gasteiger partial charge < -0.3 is 5.11 Å². The SMILES string of the molecule is C[N+]1=C2CCCCC2(Cc2cc([N+](=O)[O-])ccc2O)c2ccccc21. The smallest absolute Gasteiger partial charge is 0.269 e. The molecule has 4 rings (SSSR count). The summed E-state index contributed by atoms with van der Waals surface area (Å²) in [6.07, 6.45) is 4.92. The third kappa shape index (κ3) is 2.34. The Morgan fingerprint density at radius 3 is 2.84 bits per heavy atom. The Morgan fingerprint density at radius 2 is 2.04 bits per heavy atom. The molecule has 0 aromatic heterocycles. The van der Waals surface area contributed by atoms with Gasteiger partial charge in [0.25, 0.3) is 5.69 Å². The monoisotopic (exact) mass is 337 g/mol. The van der Waals surface area contributed by atoms with Crippen LogP contribution in [0.1, 0.15) is 36.8 Å². The number of nitro benzene ring substituents is 1. The first-order valence-corrected chi connectivity index (χ1v) is 8.69. The van der Waals surface area contributed by atoms with Gasteiger partial charge >= 0.3 is 0 Å². The van der Waals surface area contributed by atoms with E-state index in [-0.39, 0.29) is 16.9 Å². The van der Waals surface area contributed by atoms with E-state index in [0.717, 1.165) is 25.7 Å².